The smallest absolute Gasteiger partial charge is 0.409 e. The Morgan fingerprint density at radius 2 is 1.81 bits per heavy atom. The quantitative estimate of drug-likeness (QED) is 0.175. The van der Waals surface area contributed by atoms with Crippen LogP contribution in [-0.2, 0) is 35.8 Å². The summed E-state index contributed by atoms with van der Waals surface area (Å²) in [7, 11) is -2.52. The van der Waals surface area contributed by atoms with E-state index >= 15 is 0 Å². The summed E-state index contributed by atoms with van der Waals surface area (Å²) in [5.41, 5.74) is 5.29. The van der Waals surface area contributed by atoms with Gasteiger partial charge in [-0.25, -0.2) is 14.5 Å². The minimum atomic E-state index is -1.30. The fourth-order valence-electron chi connectivity index (χ4n) is 5.78. The van der Waals surface area contributed by atoms with Crippen LogP contribution in [0.15, 0.2) is 12.1 Å². The monoisotopic (exact) mass is 608 g/mol. The van der Waals surface area contributed by atoms with Crippen molar-refractivity contribution < 1.29 is 19.4 Å². The zero-order valence-electron chi connectivity index (χ0n) is 26.0. The average molecular weight is 609 g/mol. The largest absolute Gasteiger partial charge is 0.465 e. The Morgan fingerprint density at radius 3 is 2.43 bits per heavy atom. The highest BCUT2D eigenvalue weighted by Gasteiger charge is 2.54. The lowest BCUT2D eigenvalue weighted by atomic mass is 9.87. The van der Waals surface area contributed by atoms with E-state index in [0.717, 1.165) is 30.6 Å². The summed E-state index contributed by atoms with van der Waals surface area (Å²) in [6, 6.07) is 7.57. The van der Waals surface area contributed by atoms with Gasteiger partial charge in [0.25, 0.3) is 0 Å². The number of hydrogen-bond donors (Lipinski definition) is 2. The van der Waals surface area contributed by atoms with Crippen molar-refractivity contribution in [1.82, 2.24) is 19.3 Å². The third-order valence-electron chi connectivity index (χ3n) is 8.59. The maximum absolute atomic E-state index is 11.4. The number of carbonyl (C=O) groups is 1. The van der Waals surface area contributed by atoms with Crippen molar-refractivity contribution in [2.45, 2.75) is 91.0 Å². The van der Waals surface area contributed by atoms with Gasteiger partial charge in [-0.15, -0.1) is 0 Å². The van der Waals surface area contributed by atoms with Crippen molar-refractivity contribution in [3.05, 3.63) is 29.0 Å². The Kier molecular flexibility index (Phi) is 8.17. The summed E-state index contributed by atoms with van der Waals surface area (Å²) in [4.78, 5) is 16.4. The molecule has 0 saturated heterocycles. The molecule has 0 spiro atoms. The number of aromatic nitrogens is 4. The molecular weight excluding hydrogens is 565 g/mol. The first-order chi connectivity index (χ1) is 19.7. The minimum Gasteiger partial charge on any atom is -0.465 e. The molecule has 2 atom stereocenters. The summed E-state index contributed by atoms with van der Waals surface area (Å²) < 4.78 is 16.3. The molecule has 10 nitrogen and oxygen atoms in total. The molecule has 2 aliphatic rings. The molecular formula is C30H44N6O4Si2. The van der Waals surface area contributed by atoms with Crippen LogP contribution in [0, 0.1) is 22.7 Å². The molecule has 12 heteroatoms. The second kappa shape index (κ2) is 11.3. The number of fused-ring (bicyclic) bond motifs is 3. The lowest BCUT2D eigenvalue weighted by molar-refractivity contribution is 0.0756. The summed E-state index contributed by atoms with van der Waals surface area (Å²) >= 11 is 0. The number of nitriles is 1. The molecule has 3 aromatic rings. The van der Waals surface area contributed by atoms with Crippen molar-refractivity contribution >= 4 is 39.0 Å². The molecule has 2 N–H and O–H groups in total. The Hall–Kier alpha value is -2.99. The summed E-state index contributed by atoms with van der Waals surface area (Å²) in [6.45, 7) is 18.3. The molecule has 2 heterocycles. The number of ether oxygens (including phenoxy) is 2. The van der Waals surface area contributed by atoms with Crippen molar-refractivity contribution in [2.75, 3.05) is 18.5 Å². The van der Waals surface area contributed by atoms with Crippen LogP contribution in [0.3, 0.4) is 0 Å². The molecule has 1 aromatic carbocycles. The van der Waals surface area contributed by atoms with Crippen molar-refractivity contribution in [1.29, 1.82) is 5.26 Å². The molecule has 42 heavy (non-hydrogen) atoms. The maximum atomic E-state index is 11.4. The van der Waals surface area contributed by atoms with E-state index in [1.807, 2.05) is 9.25 Å². The number of nitrogens with one attached hydrogen (secondary N) is 1. The summed E-state index contributed by atoms with van der Waals surface area (Å²) in [5.74, 6) is 1.27. The number of amides is 1. The van der Waals surface area contributed by atoms with Gasteiger partial charge in [0.05, 0.1) is 11.1 Å². The van der Waals surface area contributed by atoms with Gasteiger partial charge in [0, 0.05) is 46.3 Å². The maximum Gasteiger partial charge on any atom is 0.409 e. The van der Waals surface area contributed by atoms with Crippen LogP contribution >= 0.6 is 0 Å². The van der Waals surface area contributed by atoms with Gasteiger partial charge in [-0.1, -0.05) is 46.2 Å². The second-order valence-electron chi connectivity index (χ2n) is 14.7. The van der Waals surface area contributed by atoms with E-state index in [2.05, 4.69) is 57.6 Å². The van der Waals surface area contributed by atoms with Gasteiger partial charge >= 0.3 is 6.09 Å². The van der Waals surface area contributed by atoms with Gasteiger partial charge in [-0.3, -0.25) is 9.88 Å². The molecule has 0 bridgehead atoms. The molecule has 0 radical (unpaired) electrons. The van der Waals surface area contributed by atoms with Crippen molar-refractivity contribution in [3.8, 4) is 17.6 Å². The third kappa shape index (κ3) is 6.64. The molecule has 2 aliphatic carbocycles. The topological polar surface area (TPSA) is 127 Å². The number of benzene rings is 1. The first-order valence-electron chi connectivity index (χ1n) is 14.9. The highest BCUT2D eigenvalue weighted by atomic mass is 28.3. The number of carboxylic acid groups (broad SMARTS) is 1. The minimum absolute atomic E-state index is 0.229. The summed E-state index contributed by atoms with van der Waals surface area (Å²) in [5, 5.41) is 26.8. The van der Waals surface area contributed by atoms with E-state index in [-0.39, 0.29) is 6.73 Å². The Labute approximate surface area is 250 Å². The molecule has 2 aromatic heterocycles. The van der Waals surface area contributed by atoms with Gasteiger partial charge in [-0.2, -0.15) is 10.4 Å². The van der Waals surface area contributed by atoms with Crippen LogP contribution in [0.2, 0.25) is 51.4 Å². The van der Waals surface area contributed by atoms with E-state index in [4.69, 9.17) is 19.6 Å². The highest BCUT2D eigenvalue weighted by Crippen LogP contribution is 2.60. The predicted molar refractivity (Wildman–Crippen MR) is 169 cm³/mol. The van der Waals surface area contributed by atoms with Crippen LogP contribution in [0.25, 0.3) is 22.6 Å². The first-order valence-corrected chi connectivity index (χ1v) is 22.3. The van der Waals surface area contributed by atoms with Gasteiger partial charge in [0.1, 0.15) is 30.7 Å². The van der Waals surface area contributed by atoms with Crippen LogP contribution in [-0.4, -0.2) is 59.9 Å². The molecule has 0 aliphatic heterocycles. The van der Waals surface area contributed by atoms with E-state index in [1.165, 1.54) is 23.7 Å². The van der Waals surface area contributed by atoms with Gasteiger partial charge in [0.2, 0.25) is 0 Å². The number of hydrogen-bond acceptors (Lipinski definition) is 6. The molecule has 0 unspecified atom stereocenters. The Bertz CT molecular complexity index is 1540. The number of imidazole rings is 1. The van der Waals surface area contributed by atoms with E-state index < -0.39 is 22.2 Å². The fourth-order valence-corrected chi connectivity index (χ4v) is 7.29. The van der Waals surface area contributed by atoms with Crippen molar-refractivity contribution in [3.63, 3.8) is 0 Å². The number of anilines is 1. The van der Waals surface area contributed by atoms with Crippen LogP contribution in [0.5, 0.6) is 0 Å². The number of rotatable bonds is 12. The highest BCUT2D eigenvalue weighted by molar-refractivity contribution is 6.76. The predicted octanol–water partition coefficient (Wildman–Crippen LogP) is 6.61. The molecule has 1 amide bonds. The Morgan fingerprint density at radius 1 is 1.14 bits per heavy atom. The van der Waals surface area contributed by atoms with E-state index in [1.54, 1.807) is 6.07 Å². The van der Waals surface area contributed by atoms with Gasteiger partial charge < -0.3 is 14.6 Å². The van der Waals surface area contributed by atoms with Crippen molar-refractivity contribution in [2.24, 2.45) is 11.3 Å². The zero-order chi connectivity index (χ0) is 30.4. The van der Waals surface area contributed by atoms with Crippen LogP contribution < -0.4 is 5.32 Å². The zero-order valence-corrected chi connectivity index (χ0v) is 28.0. The first kappa shape index (κ1) is 30.5. The van der Waals surface area contributed by atoms with E-state index in [9.17, 15) is 15.2 Å². The van der Waals surface area contributed by atoms with Gasteiger partial charge in [0.15, 0.2) is 5.82 Å². The van der Waals surface area contributed by atoms with Gasteiger partial charge in [-0.05, 0) is 54.8 Å². The Balaban J connectivity index is 1.58. The molecule has 5 rings (SSSR count). The lowest BCUT2D eigenvalue weighted by Crippen LogP contribution is -2.23. The number of nitrogens with zero attached hydrogens (tertiary/aromatic N) is 5. The SMILES string of the molecule is C[C@@]12Cc3c(c(-c4nc5c(C#N)cc(NC(=O)O)cc5n4COCC[Si](C)(C)C)nn3COCC[Si](C)(C)C)C[C@@H]1C2. The lowest BCUT2D eigenvalue weighted by Gasteiger charge is -2.20. The summed E-state index contributed by atoms with van der Waals surface area (Å²) in [6.07, 6.45) is 1.91. The van der Waals surface area contributed by atoms with Crippen LogP contribution in [0.4, 0.5) is 10.5 Å². The second-order valence-corrected chi connectivity index (χ2v) is 25.9. The standard InChI is InChI=1S/C30H44N6O4Si2/c1-30-15-21(30)13-23-25(16-30)36(19-40-9-11-42(5,6)7)34-27(23)28-33-26-20(17-31)12-22(32-29(37)38)14-24(26)35(28)18-39-8-10-41(2,3)4/h12,14,21,32H,8-11,13,15-16,18-19H2,1-7H3,(H,37,38)/t21-,30-/m1/s1. The van der Waals surface area contributed by atoms with E-state index in [0.29, 0.717) is 59.4 Å². The third-order valence-corrected chi connectivity index (χ3v) is 12.0. The molecule has 1 saturated carbocycles. The fraction of sp³-hybridized carbons (Fsp3) is 0.600. The normalized spacial score (nSPS) is 19.8. The van der Waals surface area contributed by atoms with Crippen LogP contribution in [0.1, 0.15) is 30.2 Å². The molecule has 1 fully saturated rings. The average Bonchev–Trinajstić information content (AvgIpc) is 3.24. The molecule has 226 valence electrons.